The molecular formula is C13H18O3. The second-order valence-corrected chi connectivity index (χ2v) is 5.90. The Morgan fingerprint density at radius 3 is 2.69 bits per heavy atom. The highest BCUT2D eigenvalue weighted by atomic mass is 16.6. The summed E-state index contributed by atoms with van der Waals surface area (Å²) in [6.45, 7) is 8.52. The lowest BCUT2D eigenvalue weighted by molar-refractivity contribution is -0.209. The highest BCUT2D eigenvalue weighted by Gasteiger charge is 2.76. The molecule has 4 fully saturated rings. The van der Waals surface area contributed by atoms with Crippen LogP contribution in [0.25, 0.3) is 0 Å². The molecule has 0 aromatic rings. The summed E-state index contributed by atoms with van der Waals surface area (Å²) in [4.78, 5) is 11.1. The molecule has 1 spiro atoms. The third-order valence-corrected chi connectivity index (χ3v) is 5.02. The van der Waals surface area contributed by atoms with E-state index in [0.717, 1.165) is 6.42 Å². The van der Waals surface area contributed by atoms with E-state index in [0.29, 0.717) is 24.5 Å². The molecule has 0 amide bonds. The Hall–Kier alpha value is -0.830. The number of esters is 1. The van der Waals surface area contributed by atoms with Gasteiger partial charge >= 0.3 is 5.97 Å². The number of hydrogen-bond acceptors (Lipinski definition) is 3. The van der Waals surface area contributed by atoms with Crippen LogP contribution in [-0.4, -0.2) is 24.3 Å². The van der Waals surface area contributed by atoms with Crippen molar-refractivity contribution in [2.45, 2.75) is 38.4 Å². The van der Waals surface area contributed by atoms with Gasteiger partial charge in [0.25, 0.3) is 0 Å². The van der Waals surface area contributed by atoms with Crippen LogP contribution in [0, 0.1) is 17.3 Å². The molecule has 2 saturated carbocycles. The van der Waals surface area contributed by atoms with E-state index >= 15 is 0 Å². The van der Waals surface area contributed by atoms with Gasteiger partial charge < -0.3 is 9.47 Å². The first-order chi connectivity index (χ1) is 7.50. The number of rotatable bonds is 3. The van der Waals surface area contributed by atoms with Crippen molar-refractivity contribution in [1.82, 2.24) is 0 Å². The molecule has 2 aliphatic heterocycles. The van der Waals surface area contributed by atoms with Gasteiger partial charge in [-0.3, -0.25) is 0 Å². The van der Waals surface area contributed by atoms with Gasteiger partial charge in [0.1, 0.15) is 0 Å². The maximum absolute atomic E-state index is 11.1. The summed E-state index contributed by atoms with van der Waals surface area (Å²) < 4.78 is 11.1. The molecule has 0 N–H and O–H groups in total. The van der Waals surface area contributed by atoms with Crippen molar-refractivity contribution >= 4 is 5.97 Å². The standard InChI is InChI=1S/C13H18O3/c1-4-10(14)15-7-8-5-13-6-9(16-13)11(8)12(13,2)3/h4,8-9,11H,1,5-7H2,2-3H3. The van der Waals surface area contributed by atoms with Crippen molar-refractivity contribution in [3.05, 3.63) is 12.7 Å². The summed E-state index contributed by atoms with van der Waals surface area (Å²) in [5.74, 6) is 0.726. The highest BCUT2D eigenvalue weighted by Crippen LogP contribution is 2.72. The molecule has 4 rings (SSSR count). The van der Waals surface area contributed by atoms with Crippen LogP contribution < -0.4 is 0 Å². The average Bonchev–Trinajstić information content (AvgIpc) is 2.65. The Labute approximate surface area is 95.8 Å². The smallest absolute Gasteiger partial charge is 0.330 e. The van der Waals surface area contributed by atoms with E-state index in [1.807, 2.05) is 0 Å². The second-order valence-electron chi connectivity index (χ2n) is 5.90. The van der Waals surface area contributed by atoms with Gasteiger partial charge in [-0.15, -0.1) is 0 Å². The SMILES string of the molecule is C=CC(=O)OCC1CC23CC(O2)C1C3(C)C. The zero-order valence-electron chi connectivity index (χ0n) is 9.86. The van der Waals surface area contributed by atoms with Gasteiger partial charge in [-0.25, -0.2) is 4.79 Å². The minimum absolute atomic E-state index is 0.0909. The fraction of sp³-hybridized carbons (Fsp3) is 0.769. The molecule has 4 unspecified atom stereocenters. The molecule has 4 aliphatic rings. The first-order valence-corrected chi connectivity index (χ1v) is 5.97. The predicted molar refractivity (Wildman–Crippen MR) is 58.8 cm³/mol. The molecule has 0 aromatic heterocycles. The first kappa shape index (κ1) is 10.3. The fourth-order valence-electron chi connectivity index (χ4n) is 4.24. The third-order valence-electron chi connectivity index (χ3n) is 5.02. The third kappa shape index (κ3) is 1.000. The van der Waals surface area contributed by atoms with Gasteiger partial charge in [0.15, 0.2) is 0 Å². The molecule has 2 heterocycles. The zero-order valence-corrected chi connectivity index (χ0v) is 9.86. The van der Waals surface area contributed by atoms with E-state index in [1.165, 1.54) is 12.5 Å². The van der Waals surface area contributed by atoms with Gasteiger partial charge in [-0.1, -0.05) is 20.4 Å². The Kier molecular flexibility index (Phi) is 1.87. The Morgan fingerprint density at radius 2 is 2.25 bits per heavy atom. The molecule has 88 valence electrons. The van der Waals surface area contributed by atoms with Crippen LogP contribution in [0.2, 0.25) is 0 Å². The second kappa shape index (κ2) is 2.89. The maximum atomic E-state index is 11.1. The van der Waals surface area contributed by atoms with Crippen molar-refractivity contribution in [3.63, 3.8) is 0 Å². The minimum atomic E-state index is -0.312. The van der Waals surface area contributed by atoms with E-state index < -0.39 is 0 Å². The molecular weight excluding hydrogens is 204 g/mol. The van der Waals surface area contributed by atoms with E-state index in [4.69, 9.17) is 9.47 Å². The van der Waals surface area contributed by atoms with Gasteiger partial charge in [-0.05, 0) is 17.8 Å². The van der Waals surface area contributed by atoms with Crippen LogP contribution in [0.1, 0.15) is 26.7 Å². The van der Waals surface area contributed by atoms with Crippen LogP contribution in [0.4, 0.5) is 0 Å². The molecule has 2 aliphatic carbocycles. The summed E-state index contributed by atoms with van der Waals surface area (Å²) in [5, 5.41) is 0. The molecule has 0 radical (unpaired) electrons. The maximum Gasteiger partial charge on any atom is 0.330 e. The summed E-state index contributed by atoms with van der Waals surface area (Å²) in [7, 11) is 0. The largest absolute Gasteiger partial charge is 0.462 e. The highest BCUT2D eigenvalue weighted by molar-refractivity contribution is 5.81. The van der Waals surface area contributed by atoms with Crippen molar-refractivity contribution < 1.29 is 14.3 Å². The lowest BCUT2D eigenvalue weighted by Crippen LogP contribution is -2.50. The minimum Gasteiger partial charge on any atom is -0.462 e. The number of hydrogen-bond donors (Lipinski definition) is 0. The molecule has 3 heteroatoms. The fourth-order valence-corrected chi connectivity index (χ4v) is 4.24. The van der Waals surface area contributed by atoms with Gasteiger partial charge in [-0.2, -0.15) is 0 Å². The normalized spacial score (nSPS) is 46.2. The number of carbonyl (C=O) groups is 1. The van der Waals surface area contributed by atoms with Gasteiger partial charge in [0, 0.05) is 18.4 Å². The van der Waals surface area contributed by atoms with E-state index in [1.54, 1.807) is 0 Å². The van der Waals surface area contributed by atoms with E-state index in [9.17, 15) is 4.79 Å². The quantitative estimate of drug-likeness (QED) is 0.540. The van der Waals surface area contributed by atoms with Crippen LogP contribution in [-0.2, 0) is 14.3 Å². The van der Waals surface area contributed by atoms with Crippen LogP contribution in [0.5, 0.6) is 0 Å². The van der Waals surface area contributed by atoms with E-state index in [2.05, 4.69) is 20.4 Å². The molecule has 16 heavy (non-hydrogen) atoms. The Balaban J connectivity index is 1.69. The lowest BCUT2D eigenvalue weighted by atomic mass is 9.79. The molecule has 2 saturated heterocycles. The monoisotopic (exact) mass is 222 g/mol. The van der Waals surface area contributed by atoms with Gasteiger partial charge in [0.05, 0.1) is 18.3 Å². The van der Waals surface area contributed by atoms with Crippen LogP contribution in [0.15, 0.2) is 12.7 Å². The van der Waals surface area contributed by atoms with Crippen molar-refractivity contribution in [2.24, 2.45) is 17.3 Å². The number of ether oxygens (including phenoxy) is 2. The Morgan fingerprint density at radius 1 is 1.56 bits per heavy atom. The molecule has 3 nitrogen and oxygen atoms in total. The van der Waals surface area contributed by atoms with E-state index in [-0.39, 0.29) is 17.0 Å². The molecule has 3 bridgehead atoms. The summed E-state index contributed by atoms with van der Waals surface area (Å²) in [6, 6.07) is 0. The van der Waals surface area contributed by atoms with Gasteiger partial charge in [0.2, 0.25) is 0 Å². The number of carbonyl (C=O) groups excluding carboxylic acids is 1. The summed E-state index contributed by atoms with van der Waals surface area (Å²) in [6.07, 6.45) is 3.90. The van der Waals surface area contributed by atoms with Crippen LogP contribution >= 0.6 is 0 Å². The van der Waals surface area contributed by atoms with Crippen molar-refractivity contribution in [2.75, 3.05) is 6.61 Å². The predicted octanol–water partition coefficient (Wildman–Crippen LogP) is 1.92. The van der Waals surface area contributed by atoms with Crippen molar-refractivity contribution in [1.29, 1.82) is 0 Å². The average molecular weight is 222 g/mol. The summed E-state index contributed by atoms with van der Waals surface area (Å²) >= 11 is 0. The molecule has 4 atom stereocenters. The Bertz CT molecular complexity index is 352. The van der Waals surface area contributed by atoms with Crippen LogP contribution in [0.3, 0.4) is 0 Å². The topological polar surface area (TPSA) is 35.5 Å². The summed E-state index contributed by atoms with van der Waals surface area (Å²) in [5.41, 5.74) is 0.344. The lowest BCUT2D eigenvalue weighted by Gasteiger charge is -2.46. The molecule has 0 aromatic carbocycles. The zero-order chi connectivity index (χ0) is 11.6. The van der Waals surface area contributed by atoms with Crippen molar-refractivity contribution in [3.8, 4) is 0 Å². The first-order valence-electron chi connectivity index (χ1n) is 5.97.